The summed E-state index contributed by atoms with van der Waals surface area (Å²) < 4.78 is 28.0. The lowest BCUT2D eigenvalue weighted by Crippen LogP contribution is -2.38. The number of hydrogen-bond donors (Lipinski definition) is 4. The number of nitrogens with zero attached hydrogens (tertiary/aromatic N) is 3. The van der Waals surface area contributed by atoms with E-state index in [9.17, 15) is 8.42 Å². The van der Waals surface area contributed by atoms with Crippen LogP contribution in [0.3, 0.4) is 0 Å². The van der Waals surface area contributed by atoms with Crippen molar-refractivity contribution in [3.8, 4) is 11.3 Å². The summed E-state index contributed by atoms with van der Waals surface area (Å²) in [5, 5.41) is 8.05. The monoisotopic (exact) mass is 415 g/mol. The molecular weight excluding hydrogens is 390 g/mol. The second kappa shape index (κ2) is 7.97. The molecule has 1 fully saturated rings. The fraction of sp³-hybridized carbons (Fsp3) is 0.368. The smallest absolute Gasteiger partial charge is 0.301 e. The fourth-order valence-corrected chi connectivity index (χ4v) is 4.03. The molecule has 4 N–H and O–H groups in total. The van der Waals surface area contributed by atoms with Crippen molar-refractivity contribution in [3.63, 3.8) is 0 Å². The van der Waals surface area contributed by atoms with Gasteiger partial charge in [-0.1, -0.05) is 0 Å². The van der Waals surface area contributed by atoms with E-state index in [-0.39, 0.29) is 0 Å². The minimum atomic E-state index is -3.60. The van der Waals surface area contributed by atoms with Gasteiger partial charge in [0.15, 0.2) is 0 Å². The van der Waals surface area contributed by atoms with Gasteiger partial charge in [0.2, 0.25) is 0 Å². The van der Waals surface area contributed by atoms with Crippen LogP contribution in [0.2, 0.25) is 0 Å². The predicted molar refractivity (Wildman–Crippen MR) is 115 cm³/mol. The summed E-state index contributed by atoms with van der Waals surface area (Å²) in [7, 11) is -0.637. The molecule has 4 rings (SSSR count). The van der Waals surface area contributed by atoms with Gasteiger partial charge in [-0.25, -0.2) is 4.98 Å². The quantitative estimate of drug-likeness (QED) is 0.490. The van der Waals surface area contributed by atoms with Crippen molar-refractivity contribution in [2.24, 2.45) is 0 Å². The largest absolute Gasteiger partial charge is 0.380 e. The van der Waals surface area contributed by atoms with Crippen LogP contribution in [0.15, 0.2) is 36.8 Å². The van der Waals surface area contributed by atoms with Gasteiger partial charge in [-0.3, -0.25) is 9.71 Å². The van der Waals surface area contributed by atoms with E-state index in [1.807, 2.05) is 12.3 Å². The second-order valence-electron chi connectivity index (χ2n) is 7.29. The molecule has 0 amide bonds. The molecule has 0 aromatic carbocycles. The van der Waals surface area contributed by atoms with Crippen LogP contribution < -0.4 is 15.4 Å². The van der Waals surface area contributed by atoms with Crippen LogP contribution in [-0.2, 0) is 10.2 Å². The Morgan fingerprint density at radius 1 is 1.24 bits per heavy atom. The van der Waals surface area contributed by atoms with Crippen molar-refractivity contribution in [1.82, 2.24) is 24.6 Å². The summed E-state index contributed by atoms with van der Waals surface area (Å²) in [4.78, 5) is 12.1. The Bertz CT molecular complexity index is 1100. The van der Waals surface area contributed by atoms with Crippen LogP contribution in [-0.4, -0.2) is 60.9 Å². The van der Waals surface area contributed by atoms with Crippen LogP contribution in [0.5, 0.6) is 0 Å². The Morgan fingerprint density at radius 3 is 2.86 bits per heavy atom. The molecule has 1 saturated heterocycles. The number of pyridine rings is 2. The number of aromatic nitrogens is 3. The SMILES string of the molecule is CN(C)S(=O)(=O)Nc1ccnc(-c2cnc3[nH]ccc3c2NC2CCCNC2)c1. The summed E-state index contributed by atoms with van der Waals surface area (Å²) in [6, 6.07) is 5.65. The molecule has 1 aliphatic heterocycles. The Hall–Kier alpha value is -2.69. The van der Waals surface area contributed by atoms with E-state index in [1.165, 1.54) is 14.1 Å². The van der Waals surface area contributed by atoms with Crippen molar-refractivity contribution in [1.29, 1.82) is 0 Å². The zero-order valence-electron chi connectivity index (χ0n) is 16.4. The van der Waals surface area contributed by atoms with E-state index in [0.717, 1.165) is 52.5 Å². The minimum Gasteiger partial charge on any atom is -0.380 e. The average molecular weight is 416 g/mol. The first-order chi connectivity index (χ1) is 13.9. The first-order valence-electron chi connectivity index (χ1n) is 9.54. The first-order valence-corrected chi connectivity index (χ1v) is 11.0. The zero-order valence-corrected chi connectivity index (χ0v) is 17.3. The topological polar surface area (TPSA) is 115 Å². The molecule has 1 aliphatic rings. The van der Waals surface area contributed by atoms with Gasteiger partial charge in [-0.2, -0.15) is 12.7 Å². The van der Waals surface area contributed by atoms with Gasteiger partial charge in [0.05, 0.1) is 17.1 Å². The van der Waals surface area contributed by atoms with Gasteiger partial charge in [0.1, 0.15) is 5.65 Å². The third-order valence-electron chi connectivity index (χ3n) is 5.00. The molecule has 154 valence electrons. The summed E-state index contributed by atoms with van der Waals surface area (Å²) in [6.45, 7) is 1.93. The molecule has 29 heavy (non-hydrogen) atoms. The lowest BCUT2D eigenvalue weighted by molar-refractivity contribution is 0.480. The van der Waals surface area contributed by atoms with Crippen LogP contribution in [0.1, 0.15) is 12.8 Å². The van der Waals surface area contributed by atoms with E-state index in [4.69, 9.17) is 0 Å². The van der Waals surface area contributed by atoms with E-state index < -0.39 is 10.2 Å². The van der Waals surface area contributed by atoms with Crippen LogP contribution in [0.25, 0.3) is 22.3 Å². The van der Waals surface area contributed by atoms with Crippen molar-refractivity contribution in [2.45, 2.75) is 18.9 Å². The molecule has 0 spiro atoms. The standard InChI is InChI=1S/C19H25N7O2S/c1-26(2)29(27,28)25-13-5-8-21-17(10-13)16-12-23-19-15(6-9-22-19)18(16)24-14-4-3-7-20-11-14/h5-6,8-10,12,14,20H,3-4,7,11H2,1-2H3,(H,21,25)(H2,22,23,24). The maximum absolute atomic E-state index is 12.2. The Labute approximate surface area is 170 Å². The highest BCUT2D eigenvalue weighted by Gasteiger charge is 2.19. The highest BCUT2D eigenvalue weighted by Crippen LogP contribution is 2.34. The second-order valence-corrected chi connectivity index (χ2v) is 9.18. The van der Waals surface area contributed by atoms with E-state index in [1.54, 1.807) is 24.5 Å². The molecular formula is C19H25N7O2S. The summed E-state index contributed by atoms with van der Waals surface area (Å²) >= 11 is 0. The van der Waals surface area contributed by atoms with Crippen molar-refractivity contribution >= 4 is 32.6 Å². The normalized spacial score (nSPS) is 17.6. The maximum Gasteiger partial charge on any atom is 0.301 e. The molecule has 0 bridgehead atoms. The van der Waals surface area contributed by atoms with E-state index in [0.29, 0.717) is 17.4 Å². The van der Waals surface area contributed by atoms with Crippen molar-refractivity contribution in [2.75, 3.05) is 37.2 Å². The minimum absolute atomic E-state index is 0.304. The summed E-state index contributed by atoms with van der Waals surface area (Å²) in [5.74, 6) is 0. The Morgan fingerprint density at radius 2 is 2.10 bits per heavy atom. The van der Waals surface area contributed by atoms with E-state index >= 15 is 0 Å². The highest BCUT2D eigenvalue weighted by atomic mass is 32.2. The number of aromatic amines is 1. The van der Waals surface area contributed by atoms with Gasteiger partial charge in [0, 0.05) is 56.2 Å². The molecule has 4 heterocycles. The fourth-order valence-electron chi connectivity index (χ4n) is 3.42. The molecule has 3 aromatic rings. The van der Waals surface area contributed by atoms with Crippen molar-refractivity contribution < 1.29 is 8.42 Å². The van der Waals surface area contributed by atoms with Crippen LogP contribution in [0.4, 0.5) is 11.4 Å². The summed E-state index contributed by atoms with van der Waals surface area (Å²) in [6.07, 6.45) is 7.42. The van der Waals surface area contributed by atoms with E-state index in [2.05, 4.69) is 30.3 Å². The van der Waals surface area contributed by atoms with Crippen LogP contribution >= 0.6 is 0 Å². The number of nitrogens with one attached hydrogen (secondary N) is 4. The predicted octanol–water partition coefficient (Wildman–Crippen LogP) is 2.01. The molecule has 9 nitrogen and oxygen atoms in total. The number of hydrogen-bond acceptors (Lipinski definition) is 6. The first kappa shape index (κ1) is 19.6. The molecule has 3 aromatic heterocycles. The van der Waals surface area contributed by atoms with Crippen molar-refractivity contribution in [3.05, 3.63) is 36.8 Å². The highest BCUT2D eigenvalue weighted by molar-refractivity contribution is 7.90. The molecule has 1 unspecified atom stereocenters. The molecule has 1 atom stereocenters. The molecule has 10 heteroatoms. The zero-order chi connectivity index (χ0) is 20.4. The maximum atomic E-state index is 12.2. The lowest BCUT2D eigenvalue weighted by Gasteiger charge is -2.26. The van der Waals surface area contributed by atoms with Crippen LogP contribution in [0, 0.1) is 0 Å². The molecule has 0 radical (unpaired) electrons. The van der Waals surface area contributed by atoms with Gasteiger partial charge in [-0.05, 0) is 37.6 Å². The molecule has 0 aliphatic carbocycles. The number of rotatable bonds is 6. The van der Waals surface area contributed by atoms with Gasteiger partial charge in [-0.15, -0.1) is 0 Å². The Balaban J connectivity index is 1.73. The van der Waals surface area contributed by atoms with Gasteiger partial charge >= 0.3 is 10.2 Å². The van der Waals surface area contributed by atoms with Gasteiger partial charge in [0.25, 0.3) is 0 Å². The third kappa shape index (κ3) is 4.19. The number of fused-ring (bicyclic) bond motifs is 1. The lowest BCUT2D eigenvalue weighted by atomic mass is 10.0. The average Bonchev–Trinajstić information content (AvgIpc) is 3.18. The van der Waals surface area contributed by atoms with Gasteiger partial charge < -0.3 is 15.6 Å². The summed E-state index contributed by atoms with van der Waals surface area (Å²) in [5.41, 5.74) is 3.66. The number of H-pyrrole nitrogens is 1. The molecule has 0 saturated carbocycles. The number of piperidine rings is 1. The number of anilines is 2. The third-order valence-corrected chi connectivity index (χ3v) is 6.45. The Kier molecular flexibility index (Phi) is 5.39.